The Labute approximate surface area is 168 Å². The fourth-order valence-electron chi connectivity index (χ4n) is 4.47. The highest BCUT2D eigenvalue weighted by atomic mass is 16.6. The molecule has 3 N–H and O–H groups in total. The van der Waals surface area contributed by atoms with Gasteiger partial charge in [-0.15, -0.1) is 0 Å². The van der Waals surface area contributed by atoms with Crippen LogP contribution in [0.25, 0.3) is 0 Å². The van der Waals surface area contributed by atoms with Crippen molar-refractivity contribution >= 4 is 12.1 Å². The number of likely N-dealkylation sites (tertiary alicyclic amines) is 1. The van der Waals surface area contributed by atoms with Crippen molar-refractivity contribution in [1.82, 2.24) is 10.2 Å². The number of carbonyl (C=O) groups is 1. The smallest absolute Gasteiger partial charge is 0.409 e. The molecule has 2 aliphatic rings. The quantitative estimate of drug-likeness (QED) is 0.581. The predicted octanol–water partition coefficient (Wildman–Crippen LogP) is 3.31. The Morgan fingerprint density at radius 1 is 1.25 bits per heavy atom. The normalized spacial score (nSPS) is 20.2. The van der Waals surface area contributed by atoms with Gasteiger partial charge in [0.25, 0.3) is 0 Å². The minimum atomic E-state index is -0.216. The number of nitrogens with zero attached hydrogens (tertiary/aromatic N) is 2. The van der Waals surface area contributed by atoms with Gasteiger partial charge in [-0.25, -0.2) is 4.79 Å². The summed E-state index contributed by atoms with van der Waals surface area (Å²) in [6, 6.07) is 11.0. The van der Waals surface area contributed by atoms with Crippen molar-refractivity contribution in [2.24, 2.45) is 16.1 Å². The topological polar surface area (TPSA) is 80.0 Å². The highest BCUT2D eigenvalue weighted by molar-refractivity contribution is 5.78. The molecule has 1 aromatic carbocycles. The second-order valence-corrected chi connectivity index (χ2v) is 8.18. The first kappa shape index (κ1) is 20.5. The second-order valence-electron chi connectivity index (χ2n) is 8.18. The van der Waals surface area contributed by atoms with Crippen molar-refractivity contribution in [3.8, 4) is 0 Å². The number of hydrogen-bond acceptors (Lipinski definition) is 3. The first-order valence-corrected chi connectivity index (χ1v) is 10.6. The molecule has 0 radical (unpaired) electrons. The van der Waals surface area contributed by atoms with Crippen LogP contribution in [0.1, 0.15) is 51.0 Å². The molecular weight excluding hydrogens is 352 g/mol. The Hall–Kier alpha value is -2.24. The molecule has 0 aromatic heterocycles. The largest absolute Gasteiger partial charge is 0.450 e. The van der Waals surface area contributed by atoms with Gasteiger partial charge < -0.3 is 20.7 Å². The first-order valence-electron chi connectivity index (χ1n) is 10.6. The average molecular weight is 387 g/mol. The molecule has 1 saturated carbocycles. The number of piperidine rings is 1. The molecule has 1 aliphatic heterocycles. The van der Waals surface area contributed by atoms with Gasteiger partial charge in [0.2, 0.25) is 0 Å². The van der Waals surface area contributed by atoms with Gasteiger partial charge >= 0.3 is 6.09 Å². The highest BCUT2D eigenvalue weighted by Gasteiger charge is 2.34. The zero-order valence-corrected chi connectivity index (χ0v) is 17.0. The predicted molar refractivity (Wildman–Crippen MR) is 112 cm³/mol. The standard InChI is InChI=1S/C22H34N4O2/c1-2-28-21(27)26-14-10-19(11-15-26)25-20(23)24-17-22(12-6-7-13-22)16-18-8-4-3-5-9-18/h3-5,8-9,19H,2,6-7,10-17H2,1H3,(H3,23,24,25). The number of nitrogens with two attached hydrogens (primary N) is 1. The van der Waals surface area contributed by atoms with Crippen molar-refractivity contribution in [3.63, 3.8) is 0 Å². The van der Waals surface area contributed by atoms with Gasteiger partial charge in [0.15, 0.2) is 5.96 Å². The molecule has 1 heterocycles. The van der Waals surface area contributed by atoms with Gasteiger partial charge in [0.05, 0.1) is 6.61 Å². The van der Waals surface area contributed by atoms with Crippen LogP contribution in [-0.2, 0) is 11.2 Å². The molecule has 1 amide bonds. The molecule has 6 heteroatoms. The summed E-state index contributed by atoms with van der Waals surface area (Å²) in [7, 11) is 0. The Bertz CT molecular complexity index is 648. The van der Waals surface area contributed by atoms with E-state index in [2.05, 4.69) is 35.6 Å². The van der Waals surface area contributed by atoms with Crippen LogP contribution in [0, 0.1) is 5.41 Å². The molecule has 6 nitrogen and oxygen atoms in total. The van der Waals surface area contributed by atoms with E-state index >= 15 is 0 Å². The number of aliphatic imine (C=N–C) groups is 1. The minimum absolute atomic E-state index is 0.216. The lowest BCUT2D eigenvalue weighted by atomic mass is 9.80. The summed E-state index contributed by atoms with van der Waals surface area (Å²) in [4.78, 5) is 18.3. The summed E-state index contributed by atoms with van der Waals surface area (Å²) < 4.78 is 5.07. The third kappa shape index (κ3) is 5.63. The van der Waals surface area contributed by atoms with E-state index < -0.39 is 0 Å². The number of ether oxygens (including phenoxy) is 1. The molecular formula is C22H34N4O2. The van der Waals surface area contributed by atoms with Crippen LogP contribution in [0.4, 0.5) is 4.79 Å². The SMILES string of the molecule is CCOC(=O)N1CCC(NC(N)=NCC2(Cc3ccccc3)CCCC2)CC1. The summed E-state index contributed by atoms with van der Waals surface area (Å²) in [6.07, 6.45) is 7.58. The highest BCUT2D eigenvalue weighted by Crippen LogP contribution is 2.41. The molecule has 1 aliphatic carbocycles. The summed E-state index contributed by atoms with van der Waals surface area (Å²) in [5, 5.41) is 3.36. The number of carbonyl (C=O) groups excluding carboxylic acids is 1. The summed E-state index contributed by atoms with van der Waals surface area (Å²) in [5.74, 6) is 0.536. The second kappa shape index (κ2) is 9.80. The van der Waals surface area contributed by atoms with Crippen molar-refractivity contribution < 1.29 is 9.53 Å². The monoisotopic (exact) mass is 386 g/mol. The molecule has 1 saturated heterocycles. The molecule has 154 valence electrons. The van der Waals surface area contributed by atoms with Crippen LogP contribution in [0.3, 0.4) is 0 Å². The molecule has 3 rings (SSSR count). The minimum Gasteiger partial charge on any atom is -0.450 e. The lowest BCUT2D eigenvalue weighted by molar-refractivity contribution is 0.0963. The summed E-state index contributed by atoms with van der Waals surface area (Å²) in [5.41, 5.74) is 7.83. The van der Waals surface area contributed by atoms with Crippen LogP contribution in [-0.4, -0.2) is 49.2 Å². The third-order valence-electron chi connectivity index (χ3n) is 6.04. The van der Waals surface area contributed by atoms with Gasteiger partial charge in [-0.1, -0.05) is 43.2 Å². The number of amides is 1. The van der Waals surface area contributed by atoms with Crippen LogP contribution in [0.15, 0.2) is 35.3 Å². The van der Waals surface area contributed by atoms with Gasteiger partial charge in [-0.2, -0.15) is 0 Å². The summed E-state index contributed by atoms with van der Waals surface area (Å²) >= 11 is 0. The van der Waals surface area contributed by atoms with Crippen molar-refractivity contribution in [2.75, 3.05) is 26.2 Å². The van der Waals surface area contributed by atoms with Gasteiger partial charge in [-0.05, 0) is 50.0 Å². The number of hydrogen-bond donors (Lipinski definition) is 2. The van der Waals surface area contributed by atoms with Crippen LogP contribution >= 0.6 is 0 Å². The van der Waals surface area contributed by atoms with E-state index in [0.717, 1.165) is 25.8 Å². The van der Waals surface area contributed by atoms with E-state index in [1.807, 2.05) is 6.92 Å². The Kier molecular flexibility index (Phi) is 7.18. The van der Waals surface area contributed by atoms with E-state index in [0.29, 0.717) is 25.7 Å². The molecule has 2 fully saturated rings. The molecule has 1 aromatic rings. The zero-order chi connectivity index (χ0) is 19.8. The Balaban J connectivity index is 1.50. The van der Waals surface area contributed by atoms with E-state index in [-0.39, 0.29) is 17.6 Å². The maximum Gasteiger partial charge on any atom is 0.409 e. The van der Waals surface area contributed by atoms with E-state index in [4.69, 9.17) is 15.5 Å². The Morgan fingerprint density at radius 3 is 2.57 bits per heavy atom. The fourth-order valence-corrected chi connectivity index (χ4v) is 4.47. The fraction of sp³-hybridized carbons (Fsp3) is 0.636. The Morgan fingerprint density at radius 2 is 1.93 bits per heavy atom. The van der Waals surface area contributed by atoms with Crippen LogP contribution in [0.5, 0.6) is 0 Å². The maximum absolute atomic E-state index is 11.8. The zero-order valence-electron chi connectivity index (χ0n) is 17.0. The van der Waals surface area contributed by atoms with Crippen LogP contribution < -0.4 is 11.1 Å². The molecule has 0 spiro atoms. The summed E-state index contributed by atoms with van der Waals surface area (Å²) in [6.45, 7) is 4.42. The molecule has 0 atom stereocenters. The third-order valence-corrected chi connectivity index (χ3v) is 6.04. The van der Waals surface area contributed by atoms with Crippen molar-refractivity contribution in [3.05, 3.63) is 35.9 Å². The van der Waals surface area contributed by atoms with Crippen LogP contribution in [0.2, 0.25) is 0 Å². The first-order chi connectivity index (χ1) is 13.6. The maximum atomic E-state index is 11.8. The number of guanidine groups is 1. The van der Waals surface area contributed by atoms with Gasteiger partial charge in [0, 0.05) is 25.7 Å². The van der Waals surface area contributed by atoms with Crippen molar-refractivity contribution in [2.45, 2.75) is 57.9 Å². The molecule has 0 bridgehead atoms. The number of nitrogens with one attached hydrogen (secondary N) is 1. The lowest BCUT2D eigenvalue weighted by Crippen LogP contribution is -2.48. The molecule has 28 heavy (non-hydrogen) atoms. The molecule has 0 unspecified atom stereocenters. The van der Waals surface area contributed by atoms with Crippen molar-refractivity contribution in [1.29, 1.82) is 0 Å². The van der Waals surface area contributed by atoms with Gasteiger partial charge in [-0.3, -0.25) is 4.99 Å². The average Bonchev–Trinajstić information content (AvgIpc) is 3.17. The van der Waals surface area contributed by atoms with E-state index in [1.54, 1.807) is 4.90 Å². The lowest BCUT2D eigenvalue weighted by Gasteiger charge is -2.32. The van der Waals surface area contributed by atoms with E-state index in [9.17, 15) is 4.79 Å². The number of rotatable bonds is 6. The van der Waals surface area contributed by atoms with Gasteiger partial charge in [0.1, 0.15) is 0 Å². The van der Waals surface area contributed by atoms with E-state index in [1.165, 1.54) is 31.2 Å². The number of benzene rings is 1.